The van der Waals surface area contributed by atoms with Gasteiger partial charge in [-0.3, -0.25) is 4.90 Å². The van der Waals surface area contributed by atoms with Crippen molar-refractivity contribution in [3.8, 4) is 11.5 Å². The van der Waals surface area contributed by atoms with Crippen molar-refractivity contribution in [2.75, 3.05) is 26.4 Å². The number of para-hydroxylation sites is 1. The first-order valence-electron chi connectivity index (χ1n) is 6.16. The summed E-state index contributed by atoms with van der Waals surface area (Å²) in [5.41, 5.74) is 1.23. The third-order valence-corrected chi connectivity index (χ3v) is 3.32. The lowest BCUT2D eigenvalue weighted by Gasteiger charge is -2.31. The van der Waals surface area contributed by atoms with Gasteiger partial charge in [-0.1, -0.05) is 12.1 Å². The maximum atomic E-state index is 5.53. The number of piperazine rings is 1. The average Bonchev–Trinajstić information content (AvgIpc) is 2.78. The van der Waals surface area contributed by atoms with Crippen LogP contribution >= 0.6 is 12.4 Å². The molecule has 100 valence electrons. The third kappa shape index (κ3) is 2.71. The van der Waals surface area contributed by atoms with E-state index in [1.807, 2.05) is 12.1 Å². The summed E-state index contributed by atoms with van der Waals surface area (Å²) in [5.74, 6) is 1.81. The highest BCUT2D eigenvalue weighted by Crippen LogP contribution is 2.35. The second kappa shape index (κ2) is 5.78. The maximum Gasteiger partial charge on any atom is 0.231 e. The predicted molar refractivity (Wildman–Crippen MR) is 72.6 cm³/mol. The van der Waals surface area contributed by atoms with Gasteiger partial charge in [-0.2, -0.15) is 0 Å². The Labute approximate surface area is 114 Å². The minimum absolute atomic E-state index is 0. The molecule has 0 aliphatic carbocycles. The predicted octanol–water partition coefficient (Wildman–Crippen LogP) is 1.63. The van der Waals surface area contributed by atoms with Gasteiger partial charge in [0, 0.05) is 37.8 Å². The molecule has 1 atom stereocenters. The Morgan fingerprint density at radius 2 is 2.28 bits per heavy atom. The average molecular weight is 271 g/mol. The standard InChI is InChI=1S/C13H18N2O2.ClH/c1-10-7-15(6-5-14-10)8-11-3-2-4-12-13(11)17-9-16-12;/h2-4,10,14H,5-9H2,1H3;1H/t10-;/m1./s1. The first-order chi connectivity index (χ1) is 8.33. The van der Waals surface area contributed by atoms with Crippen molar-refractivity contribution in [2.45, 2.75) is 19.5 Å². The van der Waals surface area contributed by atoms with Crippen LogP contribution in [0.25, 0.3) is 0 Å². The van der Waals surface area contributed by atoms with Crippen LogP contribution in [0.4, 0.5) is 0 Å². The molecule has 0 radical (unpaired) electrons. The van der Waals surface area contributed by atoms with Gasteiger partial charge in [-0.25, -0.2) is 0 Å². The molecule has 0 amide bonds. The SMILES string of the molecule is C[C@@H]1CN(Cc2cccc3c2OCO3)CCN1.Cl. The molecule has 5 heteroatoms. The summed E-state index contributed by atoms with van der Waals surface area (Å²) in [6.45, 7) is 6.76. The number of hydrogen-bond donors (Lipinski definition) is 1. The third-order valence-electron chi connectivity index (χ3n) is 3.32. The highest BCUT2D eigenvalue weighted by atomic mass is 35.5. The van der Waals surface area contributed by atoms with E-state index >= 15 is 0 Å². The lowest BCUT2D eigenvalue weighted by atomic mass is 10.1. The molecule has 2 aliphatic heterocycles. The monoisotopic (exact) mass is 270 g/mol. The van der Waals surface area contributed by atoms with Gasteiger partial charge in [0.1, 0.15) is 0 Å². The zero-order valence-electron chi connectivity index (χ0n) is 10.5. The molecule has 1 saturated heterocycles. The lowest BCUT2D eigenvalue weighted by molar-refractivity contribution is 0.169. The topological polar surface area (TPSA) is 33.7 Å². The van der Waals surface area contributed by atoms with E-state index in [1.165, 1.54) is 5.56 Å². The van der Waals surface area contributed by atoms with Crippen LogP contribution in [-0.2, 0) is 6.54 Å². The summed E-state index contributed by atoms with van der Waals surface area (Å²) in [7, 11) is 0. The Morgan fingerprint density at radius 1 is 1.39 bits per heavy atom. The van der Waals surface area contributed by atoms with Crippen LogP contribution in [0.5, 0.6) is 11.5 Å². The van der Waals surface area contributed by atoms with E-state index in [0.717, 1.165) is 37.7 Å². The fourth-order valence-electron chi connectivity index (χ4n) is 2.51. The molecule has 0 unspecified atom stereocenters. The number of rotatable bonds is 2. The minimum atomic E-state index is 0. The Balaban J connectivity index is 0.00000120. The molecular formula is C13H19ClN2O2. The van der Waals surface area contributed by atoms with Gasteiger partial charge in [0.15, 0.2) is 11.5 Å². The normalized spacial score (nSPS) is 22.6. The molecule has 3 rings (SSSR count). The van der Waals surface area contributed by atoms with Crippen LogP contribution in [0.3, 0.4) is 0 Å². The number of hydrogen-bond acceptors (Lipinski definition) is 4. The Hall–Kier alpha value is -0.970. The van der Waals surface area contributed by atoms with Gasteiger partial charge in [-0.05, 0) is 13.0 Å². The largest absolute Gasteiger partial charge is 0.454 e. The van der Waals surface area contributed by atoms with Gasteiger partial charge in [-0.15, -0.1) is 12.4 Å². The number of nitrogens with zero attached hydrogens (tertiary/aromatic N) is 1. The van der Waals surface area contributed by atoms with E-state index in [1.54, 1.807) is 0 Å². The van der Waals surface area contributed by atoms with E-state index in [-0.39, 0.29) is 12.4 Å². The summed E-state index contributed by atoms with van der Waals surface area (Å²) < 4.78 is 10.9. The number of ether oxygens (including phenoxy) is 2. The fourth-order valence-corrected chi connectivity index (χ4v) is 2.51. The molecule has 2 heterocycles. The van der Waals surface area contributed by atoms with Crippen LogP contribution in [-0.4, -0.2) is 37.4 Å². The zero-order valence-corrected chi connectivity index (χ0v) is 11.3. The highest BCUT2D eigenvalue weighted by Gasteiger charge is 2.21. The van der Waals surface area contributed by atoms with E-state index < -0.39 is 0 Å². The van der Waals surface area contributed by atoms with E-state index in [2.05, 4.69) is 23.2 Å². The molecule has 18 heavy (non-hydrogen) atoms. The van der Waals surface area contributed by atoms with E-state index in [4.69, 9.17) is 9.47 Å². The van der Waals surface area contributed by atoms with Gasteiger partial charge >= 0.3 is 0 Å². The van der Waals surface area contributed by atoms with Crippen LogP contribution in [0.1, 0.15) is 12.5 Å². The number of benzene rings is 1. The van der Waals surface area contributed by atoms with Crippen molar-refractivity contribution in [1.29, 1.82) is 0 Å². The van der Waals surface area contributed by atoms with Gasteiger partial charge in [0.2, 0.25) is 6.79 Å². The van der Waals surface area contributed by atoms with Crippen molar-refractivity contribution in [1.82, 2.24) is 10.2 Å². The second-order valence-corrected chi connectivity index (χ2v) is 4.74. The fraction of sp³-hybridized carbons (Fsp3) is 0.538. The summed E-state index contributed by atoms with van der Waals surface area (Å²) in [6.07, 6.45) is 0. The molecule has 1 fully saturated rings. The van der Waals surface area contributed by atoms with E-state index in [9.17, 15) is 0 Å². The van der Waals surface area contributed by atoms with Crippen LogP contribution < -0.4 is 14.8 Å². The molecule has 0 spiro atoms. The maximum absolute atomic E-state index is 5.53. The quantitative estimate of drug-likeness (QED) is 0.886. The van der Waals surface area contributed by atoms with Crippen LogP contribution in [0.15, 0.2) is 18.2 Å². The molecule has 2 aliphatic rings. The molecule has 0 aromatic heterocycles. The lowest BCUT2D eigenvalue weighted by Crippen LogP contribution is -2.48. The number of fused-ring (bicyclic) bond motifs is 1. The molecule has 0 bridgehead atoms. The number of nitrogens with one attached hydrogen (secondary N) is 1. The molecule has 0 saturated carbocycles. The van der Waals surface area contributed by atoms with E-state index in [0.29, 0.717) is 12.8 Å². The summed E-state index contributed by atoms with van der Waals surface area (Å²) in [6, 6.07) is 6.69. The van der Waals surface area contributed by atoms with Crippen LogP contribution in [0.2, 0.25) is 0 Å². The zero-order chi connectivity index (χ0) is 11.7. The van der Waals surface area contributed by atoms with Crippen LogP contribution in [0, 0.1) is 0 Å². The van der Waals surface area contributed by atoms with Crippen molar-refractivity contribution in [3.63, 3.8) is 0 Å². The Kier molecular flexibility index (Phi) is 4.32. The first-order valence-corrected chi connectivity index (χ1v) is 6.16. The summed E-state index contributed by atoms with van der Waals surface area (Å²) in [4.78, 5) is 2.46. The van der Waals surface area contributed by atoms with Gasteiger partial charge in [0.25, 0.3) is 0 Å². The van der Waals surface area contributed by atoms with Crippen molar-refractivity contribution >= 4 is 12.4 Å². The Morgan fingerprint density at radius 3 is 3.11 bits per heavy atom. The van der Waals surface area contributed by atoms with Gasteiger partial charge in [0.05, 0.1) is 0 Å². The van der Waals surface area contributed by atoms with Crippen molar-refractivity contribution < 1.29 is 9.47 Å². The van der Waals surface area contributed by atoms with Gasteiger partial charge < -0.3 is 14.8 Å². The summed E-state index contributed by atoms with van der Waals surface area (Å²) in [5, 5.41) is 3.45. The van der Waals surface area contributed by atoms with Crippen molar-refractivity contribution in [2.24, 2.45) is 0 Å². The molecule has 1 aromatic rings. The van der Waals surface area contributed by atoms with Crippen molar-refractivity contribution in [3.05, 3.63) is 23.8 Å². The number of halogens is 1. The molecule has 1 N–H and O–H groups in total. The first kappa shape index (κ1) is 13.5. The summed E-state index contributed by atoms with van der Waals surface area (Å²) >= 11 is 0. The minimum Gasteiger partial charge on any atom is -0.454 e. The smallest absolute Gasteiger partial charge is 0.231 e. The highest BCUT2D eigenvalue weighted by molar-refractivity contribution is 5.85. The molecule has 4 nitrogen and oxygen atoms in total. The molecule has 1 aromatic carbocycles. The molecular weight excluding hydrogens is 252 g/mol. The Bertz CT molecular complexity index is 414. The second-order valence-electron chi connectivity index (χ2n) is 4.74.